The van der Waals surface area contributed by atoms with Crippen LogP contribution in [0.2, 0.25) is 0 Å². The number of ether oxygens (including phenoxy) is 1. The first-order valence-electron chi connectivity index (χ1n) is 10.6. The van der Waals surface area contributed by atoms with Crippen molar-refractivity contribution in [1.82, 2.24) is 10.6 Å². The van der Waals surface area contributed by atoms with Crippen molar-refractivity contribution in [2.75, 3.05) is 19.8 Å². The third-order valence-electron chi connectivity index (χ3n) is 5.52. The van der Waals surface area contributed by atoms with E-state index in [2.05, 4.69) is 17.2 Å². The highest BCUT2D eigenvalue weighted by molar-refractivity contribution is 5.86. The number of aliphatic hydroxyl groups excluding tert-OH is 2. The van der Waals surface area contributed by atoms with E-state index in [1.807, 2.05) is 30.3 Å². The second-order valence-electron chi connectivity index (χ2n) is 8.01. The molecular weight excluding hydrogens is 384 g/mol. The Morgan fingerprint density at radius 1 is 1.20 bits per heavy atom. The average Bonchev–Trinajstić information content (AvgIpc) is 3.22. The topological polar surface area (TPSA) is 108 Å². The molecule has 30 heavy (non-hydrogen) atoms. The standard InChI is InChI=1S/C23H34N2O5/c1-2-8-19(13-21(28)25-23(17-27)11-6-7-12-23)22(29)24-20(14-26)16-30-15-18-9-4-3-5-10-18/h2-5,9-10,19-20,26-27H,1,6-8,11-17H2,(H,24,29)(H,25,28)/t19-,20-/m1/s1. The zero-order valence-corrected chi connectivity index (χ0v) is 17.5. The van der Waals surface area contributed by atoms with Crippen LogP contribution in [0, 0.1) is 5.92 Å². The molecule has 0 spiro atoms. The van der Waals surface area contributed by atoms with Gasteiger partial charge in [0.1, 0.15) is 0 Å². The smallest absolute Gasteiger partial charge is 0.224 e. The minimum absolute atomic E-state index is 0.00260. The first-order chi connectivity index (χ1) is 14.5. The van der Waals surface area contributed by atoms with Gasteiger partial charge in [-0.05, 0) is 24.8 Å². The Labute approximate surface area is 178 Å². The lowest BCUT2D eigenvalue weighted by Crippen LogP contribution is -2.50. The minimum atomic E-state index is -0.595. The third-order valence-corrected chi connectivity index (χ3v) is 5.52. The highest BCUT2D eigenvalue weighted by atomic mass is 16.5. The number of carbonyl (C=O) groups excluding carboxylic acids is 2. The fourth-order valence-electron chi connectivity index (χ4n) is 3.78. The lowest BCUT2D eigenvalue weighted by Gasteiger charge is -2.29. The fraction of sp³-hybridized carbons (Fsp3) is 0.565. The van der Waals surface area contributed by atoms with Crippen LogP contribution in [-0.4, -0.2) is 53.4 Å². The summed E-state index contributed by atoms with van der Waals surface area (Å²) >= 11 is 0. The zero-order chi connectivity index (χ0) is 21.8. The summed E-state index contributed by atoms with van der Waals surface area (Å²) in [7, 11) is 0. The molecular formula is C23H34N2O5. The predicted molar refractivity (Wildman–Crippen MR) is 114 cm³/mol. The molecule has 0 heterocycles. The average molecular weight is 419 g/mol. The number of allylic oxidation sites excluding steroid dienone is 1. The van der Waals surface area contributed by atoms with Crippen molar-refractivity contribution in [2.24, 2.45) is 5.92 Å². The first kappa shape index (κ1) is 24.1. The maximum Gasteiger partial charge on any atom is 0.224 e. The molecule has 0 aromatic heterocycles. The van der Waals surface area contributed by atoms with Gasteiger partial charge in [-0.25, -0.2) is 0 Å². The van der Waals surface area contributed by atoms with E-state index in [1.54, 1.807) is 6.08 Å². The molecule has 1 aliphatic carbocycles. The Morgan fingerprint density at radius 2 is 1.90 bits per heavy atom. The van der Waals surface area contributed by atoms with E-state index in [9.17, 15) is 19.8 Å². The molecule has 7 heteroatoms. The summed E-state index contributed by atoms with van der Waals surface area (Å²) in [5.74, 6) is -1.17. The van der Waals surface area contributed by atoms with Crippen molar-refractivity contribution in [3.63, 3.8) is 0 Å². The molecule has 1 aliphatic rings. The molecule has 1 aromatic rings. The van der Waals surface area contributed by atoms with Crippen molar-refractivity contribution >= 4 is 11.8 Å². The summed E-state index contributed by atoms with van der Waals surface area (Å²) < 4.78 is 5.61. The maximum atomic E-state index is 12.7. The second kappa shape index (κ2) is 12.5. The summed E-state index contributed by atoms with van der Waals surface area (Å²) in [6.45, 7) is 3.87. The van der Waals surface area contributed by atoms with Crippen LogP contribution in [0.4, 0.5) is 0 Å². The van der Waals surface area contributed by atoms with Gasteiger partial charge in [0, 0.05) is 6.42 Å². The van der Waals surface area contributed by atoms with Gasteiger partial charge < -0.3 is 25.6 Å². The molecule has 0 aliphatic heterocycles. The summed E-state index contributed by atoms with van der Waals surface area (Å²) in [6, 6.07) is 9.08. The molecule has 7 nitrogen and oxygen atoms in total. The van der Waals surface area contributed by atoms with Crippen molar-refractivity contribution in [2.45, 2.75) is 56.7 Å². The van der Waals surface area contributed by atoms with Crippen LogP contribution in [-0.2, 0) is 20.9 Å². The molecule has 2 atom stereocenters. The Balaban J connectivity index is 1.84. The van der Waals surface area contributed by atoms with Gasteiger partial charge in [-0.2, -0.15) is 0 Å². The van der Waals surface area contributed by atoms with Crippen LogP contribution < -0.4 is 10.6 Å². The van der Waals surface area contributed by atoms with Crippen LogP contribution in [0.1, 0.15) is 44.1 Å². The number of carbonyl (C=O) groups is 2. The SMILES string of the molecule is C=CC[C@H](CC(=O)NC1(CO)CCCC1)C(=O)N[C@H](CO)COCc1ccccc1. The fourth-order valence-corrected chi connectivity index (χ4v) is 3.78. The zero-order valence-electron chi connectivity index (χ0n) is 17.5. The van der Waals surface area contributed by atoms with Crippen molar-refractivity contribution in [1.29, 1.82) is 0 Å². The molecule has 0 bridgehead atoms. The van der Waals surface area contributed by atoms with Gasteiger partial charge in [0.05, 0.1) is 43.9 Å². The van der Waals surface area contributed by atoms with Crippen molar-refractivity contribution in [3.05, 3.63) is 48.6 Å². The molecule has 4 N–H and O–H groups in total. The highest BCUT2D eigenvalue weighted by Crippen LogP contribution is 2.29. The molecule has 1 aromatic carbocycles. The van der Waals surface area contributed by atoms with E-state index in [1.165, 1.54) is 0 Å². The molecule has 2 rings (SSSR count). The Kier molecular flexibility index (Phi) is 10.00. The van der Waals surface area contributed by atoms with E-state index in [0.29, 0.717) is 13.0 Å². The van der Waals surface area contributed by atoms with Gasteiger partial charge >= 0.3 is 0 Å². The number of amides is 2. The lowest BCUT2D eigenvalue weighted by atomic mass is 9.95. The number of aliphatic hydroxyl groups is 2. The molecule has 1 fully saturated rings. The first-order valence-corrected chi connectivity index (χ1v) is 10.6. The quantitative estimate of drug-likeness (QED) is 0.365. The normalized spacial score (nSPS) is 17.1. The minimum Gasteiger partial charge on any atom is -0.394 e. The Bertz CT molecular complexity index is 673. The Hall–Kier alpha value is -2.22. The van der Waals surface area contributed by atoms with Crippen LogP contribution in [0.25, 0.3) is 0 Å². The highest BCUT2D eigenvalue weighted by Gasteiger charge is 2.35. The summed E-state index contributed by atoms with van der Waals surface area (Å²) in [5.41, 5.74) is 0.442. The summed E-state index contributed by atoms with van der Waals surface area (Å²) in [4.78, 5) is 25.2. The molecule has 0 radical (unpaired) electrons. The molecule has 2 amide bonds. The number of hydrogen-bond donors (Lipinski definition) is 4. The van der Waals surface area contributed by atoms with Gasteiger partial charge in [-0.15, -0.1) is 6.58 Å². The van der Waals surface area contributed by atoms with E-state index in [-0.39, 0.29) is 38.1 Å². The van der Waals surface area contributed by atoms with E-state index < -0.39 is 17.5 Å². The molecule has 166 valence electrons. The predicted octanol–water partition coefficient (Wildman–Crippen LogP) is 1.68. The van der Waals surface area contributed by atoms with E-state index >= 15 is 0 Å². The van der Waals surface area contributed by atoms with Crippen molar-refractivity contribution < 1.29 is 24.5 Å². The van der Waals surface area contributed by atoms with E-state index in [0.717, 1.165) is 31.2 Å². The maximum absolute atomic E-state index is 12.7. The largest absolute Gasteiger partial charge is 0.394 e. The van der Waals surface area contributed by atoms with Gasteiger partial charge in [0.2, 0.25) is 11.8 Å². The van der Waals surface area contributed by atoms with Crippen LogP contribution >= 0.6 is 0 Å². The number of nitrogens with one attached hydrogen (secondary N) is 2. The van der Waals surface area contributed by atoms with E-state index in [4.69, 9.17) is 4.74 Å². The van der Waals surface area contributed by atoms with Gasteiger partial charge in [0.25, 0.3) is 0 Å². The molecule has 0 unspecified atom stereocenters. The third kappa shape index (κ3) is 7.55. The van der Waals surface area contributed by atoms with Gasteiger partial charge in [0.15, 0.2) is 0 Å². The van der Waals surface area contributed by atoms with Crippen molar-refractivity contribution in [3.8, 4) is 0 Å². The Morgan fingerprint density at radius 3 is 2.50 bits per heavy atom. The van der Waals surface area contributed by atoms with Crippen LogP contribution in [0.3, 0.4) is 0 Å². The molecule has 0 saturated heterocycles. The number of benzene rings is 1. The summed E-state index contributed by atoms with van der Waals surface area (Å²) in [6.07, 6.45) is 5.39. The van der Waals surface area contributed by atoms with Crippen LogP contribution in [0.15, 0.2) is 43.0 Å². The second-order valence-corrected chi connectivity index (χ2v) is 8.01. The van der Waals surface area contributed by atoms with Gasteiger partial charge in [-0.3, -0.25) is 9.59 Å². The lowest BCUT2D eigenvalue weighted by molar-refractivity contribution is -0.132. The number of hydrogen-bond acceptors (Lipinski definition) is 5. The molecule has 1 saturated carbocycles. The summed E-state index contributed by atoms with van der Waals surface area (Å²) in [5, 5.41) is 25.0. The number of rotatable bonds is 13. The van der Waals surface area contributed by atoms with Crippen LogP contribution in [0.5, 0.6) is 0 Å². The monoisotopic (exact) mass is 418 g/mol. The van der Waals surface area contributed by atoms with Gasteiger partial charge in [-0.1, -0.05) is 49.2 Å².